The lowest BCUT2D eigenvalue weighted by Gasteiger charge is -2.03. The zero-order valence-electron chi connectivity index (χ0n) is 13.8. The average molecular weight is 330 g/mol. The number of hydrogen-bond donors (Lipinski definition) is 1. The van der Waals surface area contributed by atoms with Crippen LogP contribution < -0.4 is 5.32 Å². The maximum absolute atomic E-state index is 12.0. The summed E-state index contributed by atoms with van der Waals surface area (Å²) in [5.41, 5.74) is 1.40. The number of ether oxygens (including phenoxy) is 1. The smallest absolute Gasteiger partial charge is 0.305 e. The molecule has 0 aliphatic carbocycles. The Bertz CT molecular complexity index is 655. The van der Waals surface area contributed by atoms with Gasteiger partial charge in [-0.1, -0.05) is 42.0 Å². The lowest BCUT2D eigenvalue weighted by atomic mass is 10.2. The number of aromatic nitrogens is 3. The van der Waals surface area contributed by atoms with Gasteiger partial charge in [0.05, 0.1) is 19.9 Å². The monoisotopic (exact) mass is 330 g/mol. The Kier molecular flexibility index (Phi) is 6.94. The number of carbonyl (C=O) groups excluding carboxylic acids is 2. The van der Waals surface area contributed by atoms with E-state index in [0.717, 1.165) is 24.8 Å². The third-order valence-electron chi connectivity index (χ3n) is 3.53. The normalized spacial score (nSPS) is 10.4. The van der Waals surface area contributed by atoms with Gasteiger partial charge >= 0.3 is 5.97 Å². The van der Waals surface area contributed by atoms with Crippen molar-refractivity contribution in [3.05, 3.63) is 47.8 Å². The van der Waals surface area contributed by atoms with E-state index in [0.29, 0.717) is 25.2 Å². The first-order valence-corrected chi connectivity index (χ1v) is 7.98. The molecular weight excluding hydrogens is 308 g/mol. The molecule has 0 atom stereocenters. The second-order valence-electron chi connectivity index (χ2n) is 5.43. The van der Waals surface area contributed by atoms with Crippen LogP contribution >= 0.6 is 0 Å². The summed E-state index contributed by atoms with van der Waals surface area (Å²) in [6.07, 6.45) is 4.48. The number of methoxy groups -OCH3 is 1. The molecule has 0 saturated carbocycles. The van der Waals surface area contributed by atoms with Crippen LogP contribution in [0.5, 0.6) is 0 Å². The van der Waals surface area contributed by atoms with Gasteiger partial charge in [0.15, 0.2) is 5.69 Å². The van der Waals surface area contributed by atoms with Crippen LogP contribution in [0.25, 0.3) is 0 Å². The first kappa shape index (κ1) is 17.7. The summed E-state index contributed by atoms with van der Waals surface area (Å²) in [5, 5.41) is 10.7. The Morgan fingerprint density at radius 2 is 1.96 bits per heavy atom. The van der Waals surface area contributed by atoms with Gasteiger partial charge in [-0.2, -0.15) is 0 Å². The molecule has 1 aromatic carbocycles. The minimum absolute atomic E-state index is 0.200. The van der Waals surface area contributed by atoms with Crippen molar-refractivity contribution in [1.82, 2.24) is 20.3 Å². The van der Waals surface area contributed by atoms with Crippen molar-refractivity contribution in [2.24, 2.45) is 0 Å². The van der Waals surface area contributed by atoms with Gasteiger partial charge in [-0.05, 0) is 18.4 Å². The third kappa shape index (κ3) is 5.83. The predicted molar refractivity (Wildman–Crippen MR) is 88.4 cm³/mol. The number of nitrogens with zero attached hydrogens (tertiary/aromatic N) is 3. The highest BCUT2D eigenvalue weighted by Crippen LogP contribution is 2.03. The van der Waals surface area contributed by atoms with E-state index in [-0.39, 0.29) is 11.9 Å². The van der Waals surface area contributed by atoms with Gasteiger partial charge in [-0.15, -0.1) is 5.10 Å². The molecule has 0 aliphatic heterocycles. The Labute approximate surface area is 141 Å². The van der Waals surface area contributed by atoms with Crippen molar-refractivity contribution in [3.8, 4) is 0 Å². The van der Waals surface area contributed by atoms with Crippen LogP contribution in [0.1, 0.15) is 41.7 Å². The number of benzene rings is 1. The SMILES string of the molecule is COC(=O)CCCCCNC(=O)c1cn(Cc2ccccc2)nn1. The Balaban J connectivity index is 1.69. The van der Waals surface area contributed by atoms with E-state index in [2.05, 4.69) is 20.4 Å². The molecule has 24 heavy (non-hydrogen) atoms. The number of esters is 1. The highest BCUT2D eigenvalue weighted by Gasteiger charge is 2.10. The topological polar surface area (TPSA) is 86.1 Å². The van der Waals surface area contributed by atoms with Crippen LogP contribution in [0, 0.1) is 0 Å². The highest BCUT2D eigenvalue weighted by molar-refractivity contribution is 5.91. The van der Waals surface area contributed by atoms with E-state index in [4.69, 9.17) is 0 Å². The van der Waals surface area contributed by atoms with Crippen LogP contribution in [0.2, 0.25) is 0 Å². The second kappa shape index (κ2) is 9.44. The summed E-state index contributed by atoms with van der Waals surface area (Å²) in [6.45, 7) is 1.13. The van der Waals surface area contributed by atoms with Crippen LogP contribution in [0.4, 0.5) is 0 Å². The van der Waals surface area contributed by atoms with Gasteiger partial charge in [0.2, 0.25) is 0 Å². The van der Waals surface area contributed by atoms with Crippen molar-refractivity contribution in [2.45, 2.75) is 32.2 Å². The van der Waals surface area contributed by atoms with E-state index < -0.39 is 0 Å². The van der Waals surface area contributed by atoms with Gasteiger partial charge in [-0.3, -0.25) is 9.59 Å². The molecule has 1 heterocycles. The van der Waals surface area contributed by atoms with E-state index in [1.807, 2.05) is 30.3 Å². The third-order valence-corrected chi connectivity index (χ3v) is 3.53. The molecule has 0 spiro atoms. The van der Waals surface area contributed by atoms with Crippen molar-refractivity contribution in [3.63, 3.8) is 0 Å². The molecule has 2 rings (SSSR count). The summed E-state index contributed by atoms with van der Waals surface area (Å²) in [6, 6.07) is 9.86. The molecule has 1 aromatic heterocycles. The van der Waals surface area contributed by atoms with Crippen LogP contribution in [-0.2, 0) is 16.1 Å². The van der Waals surface area contributed by atoms with E-state index >= 15 is 0 Å². The zero-order chi connectivity index (χ0) is 17.2. The molecule has 128 valence electrons. The Morgan fingerprint density at radius 1 is 1.17 bits per heavy atom. The van der Waals surface area contributed by atoms with Gasteiger partial charge in [0.1, 0.15) is 0 Å². The molecule has 0 saturated heterocycles. The summed E-state index contributed by atoms with van der Waals surface area (Å²) >= 11 is 0. The molecule has 7 nitrogen and oxygen atoms in total. The Morgan fingerprint density at radius 3 is 2.71 bits per heavy atom. The largest absolute Gasteiger partial charge is 0.469 e. The first-order chi connectivity index (χ1) is 11.7. The molecular formula is C17H22N4O3. The molecule has 0 radical (unpaired) electrons. The molecule has 0 aliphatic rings. The number of amides is 1. The van der Waals surface area contributed by atoms with Crippen LogP contribution in [0.3, 0.4) is 0 Å². The van der Waals surface area contributed by atoms with Crippen molar-refractivity contribution in [2.75, 3.05) is 13.7 Å². The summed E-state index contributed by atoms with van der Waals surface area (Å²) < 4.78 is 6.21. The van der Waals surface area contributed by atoms with Gasteiger partial charge < -0.3 is 10.1 Å². The molecule has 1 N–H and O–H groups in total. The van der Waals surface area contributed by atoms with E-state index in [9.17, 15) is 9.59 Å². The number of unbranched alkanes of at least 4 members (excludes halogenated alkanes) is 2. The standard InChI is InChI=1S/C17H22N4O3/c1-24-16(22)10-6-3-7-11-18-17(23)15-13-21(20-19-15)12-14-8-4-2-5-9-14/h2,4-5,8-9,13H,3,6-7,10-12H2,1H3,(H,18,23). The highest BCUT2D eigenvalue weighted by atomic mass is 16.5. The van der Waals surface area contributed by atoms with Gasteiger partial charge in [0.25, 0.3) is 5.91 Å². The zero-order valence-corrected chi connectivity index (χ0v) is 13.8. The van der Waals surface area contributed by atoms with Crippen LogP contribution in [0.15, 0.2) is 36.5 Å². The summed E-state index contributed by atoms with van der Waals surface area (Å²) in [5.74, 6) is -0.434. The van der Waals surface area contributed by atoms with E-state index in [1.165, 1.54) is 7.11 Å². The number of rotatable bonds is 9. The van der Waals surface area contributed by atoms with Gasteiger partial charge in [0, 0.05) is 13.0 Å². The lowest BCUT2D eigenvalue weighted by molar-refractivity contribution is -0.140. The average Bonchev–Trinajstić information content (AvgIpc) is 3.07. The van der Waals surface area contributed by atoms with Gasteiger partial charge in [-0.25, -0.2) is 4.68 Å². The fourth-order valence-corrected chi connectivity index (χ4v) is 2.22. The Hall–Kier alpha value is -2.70. The number of hydrogen-bond acceptors (Lipinski definition) is 5. The predicted octanol–water partition coefficient (Wildman–Crippen LogP) is 1.79. The molecule has 0 bridgehead atoms. The fourth-order valence-electron chi connectivity index (χ4n) is 2.22. The maximum atomic E-state index is 12.0. The number of nitrogens with one attached hydrogen (secondary N) is 1. The molecule has 0 fully saturated rings. The lowest BCUT2D eigenvalue weighted by Crippen LogP contribution is -2.24. The molecule has 0 unspecified atom stereocenters. The van der Waals surface area contributed by atoms with Crippen molar-refractivity contribution in [1.29, 1.82) is 0 Å². The number of carbonyl (C=O) groups is 2. The molecule has 1 amide bonds. The summed E-state index contributed by atoms with van der Waals surface area (Å²) in [7, 11) is 1.38. The van der Waals surface area contributed by atoms with E-state index in [1.54, 1.807) is 10.9 Å². The first-order valence-electron chi connectivity index (χ1n) is 7.98. The van der Waals surface area contributed by atoms with Crippen molar-refractivity contribution < 1.29 is 14.3 Å². The second-order valence-corrected chi connectivity index (χ2v) is 5.43. The minimum atomic E-state index is -0.234. The fraction of sp³-hybridized carbons (Fsp3) is 0.412. The minimum Gasteiger partial charge on any atom is -0.469 e. The maximum Gasteiger partial charge on any atom is 0.305 e. The quantitative estimate of drug-likeness (QED) is 0.559. The van der Waals surface area contributed by atoms with Crippen molar-refractivity contribution >= 4 is 11.9 Å². The summed E-state index contributed by atoms with van der Waals surface area (Å²) in [4.78, 5) is 23.0. The van der Waals surface area contributed by atoms with Crippen LogP contribution in [-0.4, -0.2) is 40.5 Å². The molecule has 2 aromatic rings. The molecule has 7 heteroatoms.